The number of nitrogens with zero attached hydrogens (tertiary/aromatic N) is 6. The normalized spacial score (nSPS) is 14.2. The zero-order chi connectivity index (χ0) is 25.9. The third kappa shape index (κ3) is 5.25. The molecule has 10 nitrogen and oxygen atoms in total. The Morgan fingerprint density at radius 2 is 1.76 bits per heavy atom. The van der Waals surface area contributed by atoms with E-state index >= 15 is 0 Å². The van der Waals surface area contributed by atoms with Crippen molar-refractivity contribution in [2.75, 3.05) is 39.5 Å². The largest absolute Gasteiger partial charge is 0.492 e. The Labute approximate surface area is 209 Å². The highest BCUT2D eigenvalue weighted by atomic mass is 19.2. The smallest absolute Gasteiger partial charge is 0.332 e. The van der Waals surface area contributed by atoms with Gasteiger partial charge in [0.25, 0.3) is 5.56 Å². The van der Waals surface area contributed by atoms with E-state index in [9.17, 15) is 18.4 Å². The number of aromatic nitrogens is 5. The zero-order valence-corrected chi connectivity index (χ0v) is 20.1. The highest BCUT2D eigenvalue weighted by molar-refractivity contribution is 5.71. The quantitative estimate of drug-likeness (QED) is 0.369. The summed E-state index contributed by atoms with van der Waals surface area (Å²) >= 11 is 0. The summed E-state index contributed by atoms with van der Waals surface area (Å²) in [4.78, 5) is 32.2. The van der Waals surface area contributed by atoms with Crippen molar-refractivity contribution in [3.8, 4) is 17.1 Å². The molecule has 0 aliphatic carbocycles. The lowest BCUT2D eigenvalue weighted by molar-refractivity contribution is 0.0322. The summed E-state index contributed by atoms with van der Waals surface area (Å²) in [7, 11) is 1.32. The molecule has 3 heterocycles. The van der Waals surface area contributed by atoms with E-state index in [1.54, 1.807) is 24.3 Å². The summed E-state index contributed by atoms with van der Waals surface area (Å²) in [5.74, 6) is -1.16. The number of fused-ring (bicyclic) bond motifs is 1. The SMILES string of the molecule is Cn1c(=O)c2nc(-c3ccc(OCCN4CCOCC4)cc3)nnc2n(Cc2ccc(F)c(F)c2)c1=O. The van der Waals surface area contributed by atoms with Crippen LogP contribution in [0.25, 0.3) is 22.6 Å². The first-order chi connectivity index (χ1) is 17.9. The fourth-order valence-electron chi connectivity index (χ4n) is 4.07. The zero-order valence-electron chi connectivity index (χ0n) is 20.1. The molecule has 0 atom stereocenters. The molecule has 5 rings (SSSR count). The lowest BCUT2D eigenvalue weighted by atomic mass is 10.2. The maximum Gasteiger partial charge on any atom is 0.332 e. The molecule has 2 aromatic carbocycles. The van der Waals surface area contributed by atoms with Gasteiger partial charge in [0, 0.05) is 32.2 Å². The van der Waals surface area contributed by atoms with Crippen LogP contribution in [0.5, 0.6) is 5.75 Å². The predicted octanol–water partition coefficient (Wildman–Crippen LogP) is 1.59. The number of hydrogen-bond acceptors (Lipinski definition) is 8. The van der Waals surface area contributed by atoms with Crippen molar-refractivity contribution in [2.45, 2.75) is 6.54 Å². The lowest BCUT2D eigenvalue weighted by Crippen LogP contribution is -2.39. The van der Waals surface area contributed by atoms with Crippen molar-refractivity contribution < 1.29 is 18.3 Å². The average molecular weight is 511 g/mol. The second-order valence-corrected chi connectivity index (χ2v) is 8.62. The van der Waals surface area contributed by atoms with Gasteiger partial charge in [0.05, 0.1) is 19.8 Å². The van der Waals surface area contributed by atoms with Gasteiger partial charge in [-0.25, -0.2) is 18.6 Å². The first-order valence-corrected chi connectivity index (χ1v) is 11.7. The third-order valence-corrected chi connectivity index (χ3v) is 6.17. The molecule has 0 spiro atoms. The van der Waals surface area contributed by atoms with E-state index in [1.165, 1.54) is 13.1 Å². The Kier molecular flexibility index (Phi) is 7.01. The molecule has 12 heteroatoms. The summed E-state index contributed by atoms with van der Waals surface area (Å²) < 4.78 is 40.2. The predicted molar refractivity (Wildman–Crippen MR) is 130 cm³/mol. The van der Waals surface area contributed by atoms with Crippen molar-refractivity contribution in [3.63, 3.8) is 0 Å². The maximum atomic E-state index is 13.7. The van der Waals surface area contributed by atoms with Gasteiger partial charge in [-0.15, -0.1) is 10.2 Å². The first-order valence-electron chi connectivity index (χ1n) is 11.7. The van der Waals surface area contributed by atoms with Gasteiger partial charge in [-0.2, -0.15) is 0 Å². The number of ether oxygens (including phenoxy) is 2. The molecule has 0 unspecified atom stereocenters. The molecule has 0 bridgehead atoms. The summed E-state index contributed by atoms with van der Waals surface area (Å²) in [5.41, 5.74) is -0.512. The molecule has 4 aromatic rings. The van der Waals surface area contributed by atoms with E-state index in [2.05, 4.69) is 20.1 Å². The molecule has 192 valence electrons. The van der Waals surface area contributed by atoms with Gasteiger partial charge in [-0.3, -0.25) is 18.8 Å². The topological polar surface area (TPSA) is 104 Å². The first kappa shape index (κ1) is 24.7. The van der Waals surface area contributed by atoms with Crippen LogP contribution in [0.15, 0.2) is 52.1 Å². The van der Waals surface area contributed by atoms with Crippen LogP contribution in [0.4, 0.5) is 8.78 Å². The van der Waals surface area contributed by atoms with Crippen LogP contribution in [0, 0.1) is 11.6 Å². The fraction of sp³-hybridized carbons (Fsp3) is 0.320. The van der Waals surface area contributed by atoms with Crippen LogP contribution in [-0.4, -0.2) is 68.7 Å². The van der Waals surface area contributed by atoms with Gasteiger partial charge >= 0.3 is 5.69 Å². The van der Waals surface area contributed by atoms with Crippen LogP contribution in [0.3, 0.4) is 0 Å². The molecular formula is C25H24F2N6O4. The number of rotatable bonds is 7. The molecule has 1 aliphatic heterocycles. The van der Waals surface area contributed by atoms with Crippen molar-refractivity contribution in [3.05, 3.63) is 80.5 Å². The van der Waals surface area contributed by atoms with Gasteiger partial charge in [0.2, 0.25) is 0 Å². The molecule has 1 aliphatic rings. The molecule has 0 saturated carbocycles. The molecule has 1 saturated heterocycles. The molecule has 37 heavy (non-hydrogen) atoms. The minimum absolute atomic E-state index is 0.0513. The molecule has 2 aromatic heterocycles. The van der Waals surface area contributed by atoms with Crippen molar-refractivity contribution in [1.29, 1.82) is 0 Å². The number of morpholine rings is 1. The van der Waals surface area contributed by atoms with E-state index in [0.29, 0.717) is 23.5 Å². The van der Waals surface area contributed by atoms with Crippen molar-refractivity contribution in [1.82, 2.24) is 29.2 Å². The number of halogens is 2. The minimum Gasteiger partial charge on any atom is -0.492 e. The molecule has 0 radical (unpaired) electrons. The number of hydrogen-bond donors (Lipinski definition) is 0. The Morgan fingerprint density at radius 3 is 2.49 bits per heavy atom. The van der Waals surface area contributed by atoms with Crippen molar-refractivity contribution in [2.24, 2.45) is 7.05 Å². The fourth-order valence-corrected chi connectivity index (χ4v) is 4.07. The van der Waals surface area contributed by atoms with Gasteiger partial charge in [-0.05, 0) is 42.0 Å². The Hall–Kier alpha value is -4.03. The highest BCUT2D eigenvalue weighted by Crippen LogP contribution is 2.20. The van der Waals surface area contributed by atoms with E-state index in [0.717, 1.165) is 54.1 Å². The van der Waals surface area contributed by atoms with E-state index in [-0.39, 0.29) is 23.5 Å². The molecule has 0 N–H and O–H groups in total. The lowest BCUT2D eigenvalue weighted by Gasteiger charge is -2.26. The van der Waals surface area contributed by atoms with Gasteiger partial charge in [-0.1, -0.05) is 6.07 Å². The van der Waals surface area contributed by atoms with Crippen molar-refractivity contribution >= 4 is 11.2 Å². The second-order valence-electron chi connectivity index (χ2n) is 8.62. The monoisotopic (exact) mass is 510 g/mol. The molecule has 1 fully saturated rings. The van der Waals surface area contributed by atoms with E-state index in [1.807, 2.05) is 0 Å². The highest BCUT2D eigenvalue weighted by Gasteiger charge is 2.17. The van der Waals surface area contributed by atoms with Crippen LogP contribution >= 0.6 is 0 Å². The third-order valence-electron chi connectivity index (χ3n) is 6.17. The van der Waals surface area contributed by atoms with Gasteiger partial charge < -0.3 is 9.47 Å². The average Bonchev–Trinajstić information content (AvgIpc) is 2.92. The summed E-state index contributed by atoms with van der Waals surface area (Å²) in [6.07, 6.45) is 0. The maximum absolute atomic E-state index is 13.7. The molecule has 0 amide bonds. The minimum atomic E-state index is -1.04. The Balaban J connectivity index is 1.39. The summed E-state index contributed by atoms with van der Waals surface area (Å²) in [6.45, 7) is 4.45. The van der Waals surface area contributed by atoms with Crippen LogP contribution in [0.1, 0.15) is 5.56 Å². The van der Waals surface area contributed by atoms with E-state index in [4.69, 9.17) is 9.47 Å². The molecular weight excluding hydrogens is 486 g/mol. The number of benzene rings is 2. The van der Waals surface area contributed by atoms with Crippen LogP contribution in [-0.2, 0) is 18.3 Å². The Morgan fingerprint density at radius 1 is 1.00 bits per heavy atom. The van der Waals surface area contributed by atoms with Crippen LogP contribution < -0.4 is 16.0 Å². The summed E-state index contributed by atoms with van der Waals surface area (Å²) in [6, 6.07) is 10.4. The van der Waals surface area contributed by atoms with E-state index < -0.39 is 22.9 Å². The van der Waals surface area contributed by atoms with Crippen LogP contribution in [0.2, 0.25) is 0 Å². The standard InChI is InChI=1S/C25H24F2N6O4/c1-31-24(34)21-23(33(25(31)35)15-16-2-7-19(26)20(27)14-16)30-29-22(28-21)17-3-5-18(6-4-17)37-13-10-32-8-11-36-12-9-32/h2-7,14H,8-13,15H2,1H3. The van der Waals surface area contributed by atoms with Gasteiger partial charge in [0.1, 0.15) is 12.4 Å². The Bertz CT molecular complexity index is 1550. The summed E-state index contributed by atoms with van der Waals surface area (Å²) in [5, 5.41) is 8.22. The second kappa shape index (κ2) is 10.5. The van der Waals surface area contributed by atoms with Gasteiger partial charge in [0.15, 0.2) is 28.6 Å².